The molecular weight excluding hydrogens is 294 g/mol. The number of nitrogens with one attached hydrogen (secondary N) is 2. The number of oxazole rings is 1. The molecule has 3 heterocycles. The standard InChI is InChI=1S/C16H11N5O2/c22-15-12(7-10-4-5-11-13(8-10)23-9-18-11)19-16(21-15)20-14-3-1-2-6-17-14/h1-9H,(H2,17,19,20,21,22)/b12-7-. The predicted molar refractivity (Wildman–Crippen MR) is 84.6 cm³/mol. The molecule has 1 aromatic carbocycles. The van der Waals surface area contributed by atoms with Gasteiger partial charge in [0.15, 0.2) is 17.8 Å². The molecule has 2 aromatic heterocycles. The molecule has 0 spiro atoms. The Balaban J connectivity index is 1.62. The number of fused-ring (bicyclic) bond motifs is 1. The molecule has 0 radical (unpaired) electrons. The Hall–Kier alpha value is -3.48. The first-order valence-electron chi connectivity index (χ1n) is 6.91. The number of benzene rings is 1. The van der Waals surface area contributed by atoms with E-state index in [1.165, 1.54) is 6.39 Å². The number of aromatic nitrogens is 2. The first-order valence-corrected chi connectivity index (χ1v) is 6.91. The van der Waals surface area contributed by atoms with Crippen molar-refractivity contribution in [1.29, 1.82) is 0 Å². The first kappa shape index (κ1) is 13.2. The third-order valence-corrected chi connectivity index (χ3v) is 3.27. The lowest BCUT2D eigenvalue weighted by molar-refractivity contribution is -0.115. The summed E-state index contributed by atoms with van der Waals surface area (Å²) in [6.07, 6.45) is 4.75. The summed E-state index contributed by atoms with van der Waals surface area (Å²) in [6, 6.07) is 10.9. The third-order valence-electron chi connectivity index (χ3n) is 3.27. The summed E-state index contributed by atoms with van der Waals surface area (Å²) in [5.74, 6) is 0.609. The fraction of sp³-hybridized carbons (Fsp3) is 0. The average molecular weight is 305 g/mol. The molecule has 0 aliphatic carbocycles. The van der Waals surface area contributed by atoms with E-state index in [4.69, 9.17) is 4.42 Å². The van der Waals surface area contributed by atoms with Crippen molar-refractivity contribution >= 4 is 34.9 Å². The number of rotatable bonds is 2. The summed E-state index contributed by atoms with van der Waals surface area (Å²) >= 11 is 0. The van der Waals surface area contributed by atoms with Crippen LogP contribution in [0.25, 0.3) is 17.2 Å². The normalized spacial score (nSPS) is 17.7. The van der Waals surface area contributed by atoms with E-state index in [2.05, 4.69) is 25.6 Å². The predicted octanol–water partition coefficient (Wildman–Crippen LogP) is 1.97. The lowest BCUT2D eigenvalue weighted by atomic mass is 10.2. The summed E-state index contributed by atoms with van der Waals surface area (Å²) in [6.45, 7) is 0. The zero-order valence-electron chi connectivity index (χ0n) is 11.9. The molecule has 0 saturated carbocycles. The molecule has 2 N–H and O–H groups in total. The summed E-state index contributed by atoms with van der Waals surface area (Å²) < 4.78 is 5.26. The van der Waals surface area contributed by atoms with Crippen molar-refractivity contribution in [2.75, 3.05) is 0 Å². The van der Waals surface area contributed by atoms with E-state index in [1.54, 1.807) is 24.4 Å². The molecule has 1 saturated heterocycles. The highest BCUT2D eigenvalue weighted by molar-refractivity contribution is 6.16. The second-order valence-corrected chi connectivity index (χ2v) is 4.87. The van der Waals surface area contributed by atoms with Crippen LogP contribution in [-0.4, -0.2) is 21.8 Å². The zero-order chi connectivity index (χ0) is 15.6. The SMILES string of the molecule is O=C1NC(=Nc2ccccn2)N/C1=C\c1ccc2ncoc2c1. The molecular formula is C16H11N5O2. The number of nitrogens with zero attached hydrogens (tertiary/aromatic N) is 3. The maximum Gasteiger partial charge on any atom is 0.274 e. The van der Waals surface area contributed by atoms with Crippen LogP contribution in [0.1, 0.15) is 5.56 Å². The van der Waals surface area contributed by atoms with Crippen molar-refractivity contribution in [3.63, 3.8) is 0 Å². The molecule has 23 heavy (non-hydrogen) atoms. The lowest BCUT2D eigenvalue weighted by Gasteiger charge is -1.97. The monoisotopic (exact) mass is 305 g/mol. The van der Waals surface area contributed by atoms with Crippen LogP contribution in [0.3, 0.4) is 0 Å². The number of aliphatic imine (C=N–C) groups is 1. The molecule has 1 aliphatic heterocycles. The quantitative estimate of drug-likeness (QED) is 0.706. The van der Waals surface area contributed by atoms with Crippen molar-refractivity contribution in [3.05, 3.63) is 60.2 Å². The smallest absolute Gasteiger partial charge is 0.274 e. The van der Waals surface area contributed by atoms with Crippen molar-refractivity contribution in [2.24, 2.45) is 4.99 Å². The van der Waals surface area contributed by atoms with Gasteiger partial charge >= 0.3 is 0 Å². The number of hydrogen-bond donors (Lipinski definition) is 2. The fourth-order valence-electron chi connectivity index (χ4n) is 2.21. The largest absolute Gasteiger partial charge is 0.443 e. The van der Waals surface area contributed by atoms with Crippen LogP contribution in [0.5, 0.6) is 0 Å². The van der Waals surface area contributed by atoms with Gasteiger partial charge in [-0.15, -0.1) is 0 Å². The topological polar surface area (TPSA) is 92.4 Å². The minimum atomic E-state index is -0.252. The highest BCUT2D eigenvalue weighted by Crippen LogP contribution is 2.17. The molecule has 3 aromatic rings. The minimum Gasteiger partial charge on any atom is -0.443 e. The summed E-state index contributed by atoms with van der Waals surface area (Å²) in [5.41, 5.74) is 2.66. The molecule has 7 heteroatoms. The van der Waals surface area contributed by atoms with Crippen LogP contribution in [0.2, 0.25) is 0 Å². The van der Waals surface area contributed by atoms with Crippen molar-refractivity contribution in [1.82, 2.24) is 20.6 Å². The maximum absolute atomic E-state index is 12.0. The molecule has 1 aliphatic rings. The highest BCUT2D eigenvalue weighted by Gasteiger charge is 2.21. The van der Waals surface area contributed by atoms with Gasteiger partial charge in [0, 0.05) is 6.20 Å². The fourth-order valence-corrected chi connectivity index (χ4v) is 2.21. The Morgan fingerprint density at radius 1 is 1.13 bits per heavy atom. The van der Waals surface area contributed by atoms with Gasteiger partial charge in [-0.1, -0.05) is 12.1 Å². The van der Waals surface area contributed by atoms with Gasteiger partial charge in [-0.3, -0.25) is 10.1 Å². The Labute approximate surface area is 130 Å². The van der Waals surface area contributed by atoms with E-state index in [-0.39, 0.29) is 5.91 Å². The number of guanidine groups is 1. The summed E-state index contributed by atoms with van der Waals surface area (Å²) in [7, 11) is 0. The third kappa shape index (κ3) is 2.67. The summed E-state index contributed by atoms with van der Waals surface area (Å²) in [4.78, 5) is 24.4. The maximum atomic E-state index is 12.0. The molecule has 7 nitrogen and oxygen atoms in total. The highest BCUT2D eigenvalue weighted by atomic mass is 16.3. The lowest BCUT2D eigenvalue weighted by Crippen LogP contribution is -2.24. The van der Waals surface area contributed by atoms with Gasteiger partial charge in [0.25, 0.3) is 5.91 Å². The second kappa shape index (κ2) is 5.38. The van der Waals surface area contributed by atoms with Crippen LogP contribution in [-0.2, 0) is 4.79 Å². The van der Waals surface area contributed by atoms with Crippen molar-refractivity contribution < 1.29 is 9.21 Å². The number of carbonyl (C=O) groups is 1. The number of carbonyl (C=O) groups excluding carboxylic acids is 1. The van der Waals surface area contributed by atoms with Crippen molar-refractivity contribution in [3.8, 4) is 0 Å². The van der Waals surface area contributed by atoms with Gasteiger partial charge in [0.1, 0.15) is 11.2 Å². The van der Waals surface area contributed by atoms with E-state index in [1.807, 2.05) is 24.3 Å². The van der Waals surface area contributed by atoms with Crippen LogP contribution < -0.4 is 10.6 Å². The molecule has 1 fully saturated rings. The van der Waals surface area contributed by atoms with Gasteiger partial charge in [0.05, 0.1) is 0 Å². The van der Waals surface area contributed by atoms with E-state index in [0.29, 0.717) is 23.1 Å². The molecule has 0 unspecified atom stereocenters. The second-order valence-electron chi connectivity index (χ2n) is 4.87. The Morgan fingerprint density at radius 3 is 2.96 bits per heavy atom. The number of hydrogen-bond acceptors (Lipinski definition) is 5. The Kier molecular flexibility index (Phi) is 3.09. The summed E-state index contributed by atoms with van der Waals surface area (Å²) in [5, 5.41) is 5.60. The van der Waals surface area contributed by atoms with Gasteiger partial charge in [0.2, 0.25) is 5.96 Å². The molecule has 4 rings (SSSR count). The van der Waals surface area contributed by atoms with Crippen LogP contribution in [0, 0.1) is 0 Å². The Bertz CT molecular complexity index is 943. The minimum absolute atomic E-state index is 0.252. The molecule has 0 atom stereocenters. The molecule has 0 bridgehead atoms. The van der Waals surface area contributed by atoms with E-state index in [0.717, 1.165) is 11.1 Å². The van der Waals surface area contributed by atoms with Gasteiger partial charge < -0.3 is 9.73 Å². The molecule has 1 amide bonds. The zero-order valence-corrected chi connectivity index (χ0v) is 11.9. The van der Waals surface area contributed by atoms with Gasteiger partial charge in [-0.25, -0.2) is 9.97 Å². The van der Waals surface area contributed by atoms with Gasteiger partial charge in [-0.2, -0.15) is 4.99 Å². The average Bonchev–Trinajstić information content (AvgIpc) is 3.15. The van der Waals surface area contributed by atoms with Crippen molar-refractivity contribution in [2.45, 2.75) is 0 Å². The Morgan fingerprint density at radius 2 is 2.09 bits per heavy atom. The van der Waals surface area contributed by atoms with E-state index >= 15 is 0 Å². The van der Waals surface area contributed by atoms with E-state index in [9.17, 15) is 4.79 Å². The number of amides is 1. The molecule has 112 valence electrons. The number of pyridine rings is 1. The van der Waals surface area contributed by atoms with E-state index < -0.39 is 0 Å². The van der Waals surface area contributed by atoms with Crippen LogP contribution in [0.15, 0.2) is 64.1 Å². The van der Waals surface area contributed by atoms with Crippen LogP contribution in [0.4, 0.5) is 5.82 Å². The van der Waals surface area contributed by atoms with Gasteiger partial charge in [-0.05, 0) is 35.9 Å². The van der Waals surface area contributed by atoms with Crippen LogP contribution >= 0.6 is 0 Å². The first-order chi connectivity index (χ1) is 11.3.